The molecule has 9 heterocycles. The Bertz CT molecular complexity index is 3600. The van der Waals surface area contributed by atoms with Gasteiger partial charge in [0.05, 0.1) is 56.9 Å². The minimum Gasteiger partial charge on any atom is -0.508 e. The molecule has 4 N–H and O–H groups in total. The number of aliphatic hydroxyl groups is 1. The Labute approximate surface area is 480 Å². The zero-order valence-corrected chi connectivity index (χ0v) is 48.1. The van der Waals surface area contributed by atoms with Gasteiger partial charge in [-0.1, -0.05) is 68.4 Å². The average molecular weight is 1130 g/mol. The van der Waals surface area contributed by atoms with Gasteiger partial charge in [-0.2, -0.15) is 9.97 Å². The second-order valence-corrected chi connectivity index (χ2v) is 25.1. The summed E-state index contributed by atoms with van der Waals surface area (Å²) < 4.78 is 18.7. The Kier molecular flexibility index (Phi) is 14.2. The van der Waals surface area contributed by atoms with Gasteiger partial charge in [0.1, 0.15) is 48.2 Å². The first-order chi connectivity index (χ1) is 39.6. The van der Waals surface area contributed by atoms with Crippen molar-refractivity contribution < 1.29 is 38.6 Å². The zero-order chi connectivity index (χ0) is 56.7. The fraction of sp³-hybridized carbons (Fsp3) is 0.484. The Morgan fingerprint density at radius 3 is 2.57 bits per heavy atom. The summed E-state index contributed by atoms with van der Waals surface area (Å²) in [5.41, 5.74) is 9.63. The second-order valence-electron chi connectivity index (χ2n) is 24.2. The first-order valence-electron chi connectivity index (χ1n) is 29.1. The van der Waals surface area contributed by atoms with E-state index in [9.17, 15) is 24.6 Å². The van der Waals surface area contributed by atoms with E-state index in [0.717, 1.165) is 124 Å². The van der Waals surface area contributed by atoms with Crippen LogP contribution >= 0.6 is 11.3 Å². The molecule has 20 heteroatoms. The monoisotopic (exact) mass is 1130 g/mol. The number of fused-ring (bicyclic) bond motifs is 7. The molecule has 3 amide bonds. The molecule has 5 fully saturated rings. The number of aromatic hydroxyl groups is 1. The number of phenols is 1. The molecule has 7 aromatic rings. The van der Waals surface area contributed by atoms with Gasteiger partial charge in [0, 0.05) is 80.5 Å². The van der Waals surface area contributed by atoms with Crippen LogP contribution in [0.25, 0.3) is 43.4 Å². The van der Waals surface area contributed by atoms with Crippen LogP contribution in [0.5, 0.6) is 11.8 Å². The maximum atomic E-state index is 14.4. The van der Waals surface area contributed by atoms with Crippen LogP contribution in [-0.4, -0.2) is 150 Å². The van der Waals surface area contributed by atoms with Gasteiger partial charge in [0.15, 0.2) is 0 Å². The molecule has 0 spiro atoms. The summed E-state index contributed by atoms with van der Waals surface area (Å²) in [6.45, 7) is 13.1. The Hall–Kier alpha value is -7.26. The molecule has 2 bridgehead atoms. The number of carbonyl (C=O) groups is 3. The van der Waals surface area contributed by atoms with Crippen molar-refractivity contribution in [1.82, 2.24) is 50.4 Å². The van der Waals surface area contributed by atoms with Crippen molar-refractivity contribution in [2.75, 3.05) is 51.3 Å². The van der Waals surface area contributed by atoms with Crippen LogP contribution in [-0.2, 0) is 20.9 Å². The molecule has 3 aromatic carbocycles. The number of aryl methyl sites for hydroxylation is 1. The maximum absolute atomic E-state index is 14.4. The van der Waals surface area contributed by atoms with E-state index in [0.29, 0.717) is 36.2 Å². The number of pyridine rings is 1. The van der Waals surface area contributed by atoms with Gasteiger partial charge in [0.25, 0.3) is 0 Å². The highest BCUT2D eigenvalue weighted by Gasteiger charge is 2.51. The standard InChI is InChI=1S/C62H71N11O8S/c1-33(2)51(59(77)72-29-45(75)24-49(72)58(76)65-35(4)37-11-13-38(14-12-37)56-36(5)64-32-82-56)50-22-42(69-81-50)26-70(6)61(78)79-30-43-17-19-62(18-8-20-73(43)62)31-80-60-67-55-48(57(68-60)71-27-40-15-16-41(28-71)66-40)25-63-54-47-23-44(74)21-39-9-7-10-46(53(39)47)34(3)52(54)55/h7,9-14,21-23,25,32-35,40-41,43,45,49,51,66,74-75H,8,15-20,24,26-31H2,1-6H3,(H,65,76)/t34?,35-,40?,41?,43+,45+,49-,51-,62?/m0/s1. The minimum absolute atomic E-state index is 0.00822. The number of phenolic OH excluding ortho intramolecular Hbond substituents is 1. The third-order valence-corrected chi connectivity index (χ3v) is 19.5. The molecule has 13 rings (SSSR count). The molecule has 5 saturated heterocycles. The number of β-amino-alcohol motifs (C(OH)–C–C–N with tert-alkyl or cyclic N) is 1. The molecule has 6 aliphatic rings. The Morgan fingerprint density at radius 1 is 1.00 bits per heavy atom. The lowest BCUT2D eigenvalue weighted by Gasteiger charge is -2.36. The average Bonchev–Trinajstić information content (AvgIpc) is 4.54. The summed E-state index contributed by atoms with van der Waals surface area (Å²) in [6.07, 6.45) is 6.53. The number of likely N-dealkylation sites (tertiary alicyclic amines) is 1. The number of piperazine rings is 1. The summed E-state index contributed by atoms with van der Waals surface area (Å²) in [5, 5.41) is 35.8. The van der Waals surface area contributed by atoms with Crippen LogP contribution in [0.15, 0.2) is 76.9 Å². The molecule has 0 saturated carbocycles. The van der Waals surface area contributed by atoms with Crippen molar-refractivity contribution in [2.45, 2.75) is 140 Å². The smallest absolute Gasteiger partial charge is 0.409 e. The number of carbonyl (C=O) groups excluding carboxylic acids is 3. The number of anilines is 1. The third kappa shape index (κ3) is 9.77. The number of hydrogen-bond donors (Lipinski definition) is 4. The fourth-order valence-electron chi connectivity index (χ4n) is 14.4. The molecule has 1 aliphatic carbocycles. The summed E-state index contributed by atoms with van der Waals surface area (Å²) in [7, 11) is 1.65. The van der Waals surface area contributed by atoms with E-state index in [4.69, 9.17) is 28.9 Å². The molecule has 9 atom stereocenters. The number of rotatable bonds is 15. The van der Waals surface area contributed by atoms with E-state index < -0.39 is 24.2 Å². The van der Waals surface area contributed by atoms with Crippen molar-refractivity contribution in [2.24, 2.45) is 5.92 Å². The van der Waals surface area contributed by atoms with E-state index in [1.807, 2.05) is 87.9 Å². The quantitative estimate of drug-likeness (QED) is 0.0754. The van der Waals surface area contributed by atoms with Gasteiger partial charge in [-0.25, -0.2) is 9.78 Å². The number of benzene rings is 3. The molecule has 5 aliphatic heterocycles. The van der Waals surface area contributed by atoms with Gasteiger partial charge in [-0.3, -0.25) is 19.5 Å². The van der Waals surface area contributed by atoms with E-state index in [-0.39, 0.29) is 73.1 Å². The molecular formula is C62H71N11O8S. The zero-order valence-electron chi connectivity index (χ0n) is 47.3. The number of amides is 3. The van der Waals surface area contributed by atoms with Gasteiger partial charge < -0.3 is 49.5 Å². The molecule has 0 radical (unpaired) electrons. The number of aromatic nitrogens is 5. The van der Waals surface area contributed by atoms with Gasteiger partial charge in [0.2, 0.25) is 11.8 Å². The maximum Gasteiger partial charge on any atom is 0.409 e. The van der Waals surface area contributed by atoms with Crippen LogP contribution in [0.2, 0.25) is 0 Å². The first-order valence-corrected chi connectivity index (χ1v) is 30.0. The van der Waals surface area contributed by atoms with E-state index >= 15 is 0 Å². The number of nitrogens with one attached hydrogen (secondary N) is 2. The normalized spacial score (nSPS) is 24.5. The van der Waals surface area contributed by atoms with Crippen molar-refractivity contribution in [1.29, 1.82) is 0 Å². The van der Waals surface area contributed by atoms with Crippen molar-refractivity contribution in [3.05, 3.63) is 106 Å². The van der Waals surface area contributed by atoms with Gasteiger partial charge in [-0.05, 0) is 104 Å². The Balaban J connectivity index is 0.657. The van der Waals surface area contributed by atoms with Crippen LogP contribution in [0.3, 0.4) is 0 Å². The second kappa shape index (κ2) is 21.5. The highest BCUT2D eigenvalue weighted by Crippen LogP contribution is 2.49. The van der Waals surface area contributed by atoms with Crippen LogP contribution < -0.4 is 20.3 Å². The lowest BCUT2D eigenvalue weighted by atomic mass is 9.79. The first kappa shape index (κ1) is 54.0. The number of thiazole rings is 1. The molecule has 19 nitrogen and oxygen atoms in total. The van der Waals surface area contributed by atoms with Gasteiger partial charge >= 0.3 is 12.1 Å². The van der Waals surface area contributed by atoms with Gasteiger partial charge in [-0.15, -0.1) is 11.3 Å². The van der Waals surface area contributed by atoms with Crippen LogP contribution in [0.1, 0.15) is 124 Å². The molecule has 4 unspecified atom stereocenters. The lowest BCUT2D eigenvalue weighted by molar-refractivity contribution is -0.141. The Morgan fingerprint density at radius 2 is 1.80 bits per heavy atom. The number of aliphatic hydroxyl groups excluding tert-OH is 1. The van der Waals surface area contributed by atoms with E-state index in [1.54, 1.807) is 24.5 Å². The molecule has 82 heavy (non-hydrogen) atoms. The lowest BCUT2D eigenvalue weighted by Crippen LogP contribution is -2.51. The molecule has 428 valence electrons. The van der Waals surface area contributed by atoms with Crippen LogP contribution in [0, 0.1) is 12.8 Å². The van der Waals surface area contributed by atoms with Crippen molar-refractivity contribution >= 4 is 56.7 Å². The third-order valence-electron chi connectivity index (χ3n) is 18.5. The molecule has 4 aromatic heterocycles. The SMILES string of the molecule is Cc1ncsc1-c1ccc([C@H](C)NC(=O)[C@@H]2C[C@@H](O)CN2C(=O)[C@H](c2cc(CN(C)C(=O)OC[C@H]3CCC4(COc5nc(N6CC7CCC(C6)N7)c6cnc7c(c6n5)C(C)c5cccc6cc(O)cc-7c56)CCCN34)no2)C(C)C)cc1. The summed E-state index contributed by atoms with van der Waals surface area (Å²) in [4.78, 5) is 70.8. The summed E-state index contributed by atoms with van der Waals surface area (Å²) in [5.74, 6) is -0.392. The predicted octanol–water partition coefficient (Wildman–Crippen LogP) is 8.60. The van der Waals surface area contributed by atoms with Crippen molar-refractivity contribution in [3.8, 4) is 33.5 Å². The van der Waals surface area contributed by atoms with E-state index in [1.165, 1.54) is 15.4 Å². The fourth-order valence-corrected chi connectivity index (χ4v) is 15.2. The van der Waals surface area contributed by atoms with Crippen LogP contribution in [0.4, 0.5) is 10.6 Å². The molecular weight excluding hydrogens is 1060 g/mol. The predicted molar refractivity (Wildman–Crippen MR) is 311 cm³/mol. The highest BCUT2D eigenvalue weighted by molar-refractivity contribution is 7.13. The number of hydrogen-bond acceptors (Lipinski definition) is 17. The largest absolute Gasteiger partial charge is 0.508 e. The summed E-state index contributed by atoms with van der Waals surface area (Å²) >= 11 is 1.58. The topological polar surface area (TPSA) is 225 Å². The van der Waals surface area contributed by atoms with E-state index in [2.05, 4.69) is 43.6 Å². The number of ether oxygens (including phenoxy) is 2. The number of nitrogens with zero attached hydrogens (tertiary/aromatic N) is 9. The highest BCUT2D eigenvalue weighted by atomic mass is 32.1. The minimum atomic E-state index is -0.877. The summed E-state index contributed by atoms with van der Waals surface area (Å²) in [6, 6.07) is 19.5. The van der Waals surface area contributed by atoms with Crippen molar-refractivity contribution in [3.63, 3.8) is 0 Å².